The maximum Gasteiger partial charge on any atom is 0.126 e. The van der Waals surface area contributed by atoms with Crippen LogP contribution in [-0.4, -0.2) is 67.6 Å². The highest BCUT2D eigenvalue weighted by Gasteiger charge is 2.28. The molecule has 2 aliphatic rings. The largest absolute Gasteiger partial charge is 0.383 e. The number of ether oxygens (including phenoxy) is 2. The first-order chi connectivity index (χ1) is 17.4. The molecule has 5 N–H and O–H groups in total. The van der Waals surface area contributed by atoms with E-state index in [1.165, 1.54) is 12.8 Å². The molecule has 8 nitrogen and oxygen atoms in total. The van der Waals surface area contributed by atoms with Gasteiger partial charge in [-0.15, -0.1) is 0 Å². The van der Waals surface area contributed by atoms with E-state index in [4.69, 9.17) is 31.8 Å². The molecule has 3 heterocycles. The Morgan fingerprint density at radius 2 is 1.97 bits per heavy atom. The topological polar surface area (TPSA) is 106 Å². The van der Waals surface area contributed by atoms with Crippen molar-refractivity contribution in [3.05, 3.63) is 35.5 Å². The van der Waals surface area contributed by atoms with Crippen molar-refractivity contribution in [3.8, 4) is 11.3 Å². The Hall–Kier alpha value is -1.97. The standard InChI is InChI=1S/C27H41ClN6O2/c1-19(17-35-2)30-15-20-6-8-21(9-7-20)33-26-14-22(23(28)16-31-26)24-4-3-5-25(34-24)32-18-27(29)10-12-36-13-11-27/h3-5,14,16,19-21,30H,6-13,15,17-18,29H2,1-2H3,(H,31,33)(H,32,34)/t19-,20-,21-/m0/s1. The summed E-state index contributed by atoms with van der Waals surface area (Å²) in [6, 6.07) is 8.75. The van der Waals surface area contributed by atoms with E-state index in [0.29, 0.717) is 42.8 Å². The quantitative estimate of drug-likeness (QED) is 0.350. The van der Waals surface area contributed by atoms with Gasteiger partial charge in [0.15, 0.2) is 0 Å². The fourth-order valence-electron chi connectivity index (χ4n) is 5.02. The lowest BCUT2D eigenvalue weighted by molar-refractivity contribution is 0.0574. The van der Waals surface area contributed by atoms with Crippen molar-refractivity contribution in [1.82, 2.24) is 15.3 Å². The van der Waals surface area contributed by atoms with E-state index in [9.17, 15) is 0 Å². The Morgan fingerprint density at radius 3 is 2.72 bits per heavy atom. The van der Waals surface area contributed by atoms with Gasteiger partial charge in [-0.05, 0) is 76.1 Å². The number of hydrogen-bond acceptors (Lipinski definition) is 8. The molecule has 198 valence electrons. The van der Waals surface area contributed by atoms with E-state index in [-0.39, 0.29) is 5.54 Å². The average Bonchev–Trinajstić information content (AvgIpc) is 2.89. The zero-order valence-electron chi connectivity index (χ0n) is 21.6. The highest BCUT2D eigenvalue weighted by molar-refractivity contribution is 6.33. The van der Waals surface area contributed by atoms with E-state index in [0.717, 1.165) is 61.7 Å². The minimum Gasteiger partial charge on any atom is -0.383 e. The Labute approximate surface area is 220 Å². The first-order valence-corrected chi connectivity index (χ1v) is 13.5. The molecule has 0 spiro atoms. The van der Waals surface area contributed by atoms with Gasteiger partial charge in [-0.25, -0.2) is 9.97 Å². The third-order valence-electron chi connectivity index (χ3n) is 7.36. The Kier molecular flexibility index (Phi) is 9.79. The summed E-state index contributed by atoms with van der Waals surface area (Å²) in [6.07, 6.45) is 8.07. The lowest BCUT2D eigenvalue weighted by atomic mass is 9.86. The Morgan fingerprint density at radius 1 is 1.19 bits per heavy atom. The van der Waals surface area contributed by atoms with Crippen molar-refractivity contribution < 1.29 is 9.47 Å². The highest BCUT2D eigenvalue weighted by Crippen LogP contribution is 2.31. The van der Waals surface area contributed by atoms with Gasteiger partial charge >= 0.3 is 0 Å². The van der Waals surface area contributed by atoms with Crippen LogP contribution in [0, 0.1) is 5.92 Å². The monoisotopic (exact) mass is 516 g/mol. The van der Waals surface area contributed by atoms with Gasteiger partial charge < -0.3 is 31.2 Å². The first kappa shape index (κ1) is 27.1. The molecule has 2 aromatic heterocycles. The van der Waals surface area contributed by atoms with E-state index in [1.54, 1.807) is 13.3 Å². The molecule has 0 radical (unpaired) electrons. The molecule has 2 aromatic rings. The van der Waals surface area contributed by atoms with Gasteiger partial charge in [0.05, 0.1) is 17.3 Å². The molecular formula is C27H41ClN6O2. The van der Waals surface area contributed by atoms with E-state index in [2.05, 4.69) is 27.9 Å². The molecule has 0 amide bonds. The summed E-state index contributed by atoms with van der Waals surface area (Å²) < 4.78 is 10.7. The molecule has 9 heteroatoms. The summed E-state index contributed by atoms with van der Waals surface area (Å²) in [4.78, 5) is 9.36. The van der Waals surface area contributed by atoms with Crippen LogP contribution in [0.4, 0.5) is 11.6 Å². The molecule has 2 fully saturated rings. The summed E-state index contributed by atoms with van der Waals surface area (Å²) in [5.41, 5.74) is 7.94. The van der Waals surface area contributed by atoms with Crippen molar-refractivity contribution in [2.24, 2.45) is 11.7 Å². The normalized spacial score (nSPS) is 22.7. The zero-order valence-corrected chi connectivity index (χ0v) is 22.3. The number of anilines is 2. The van der Waals surface area contributed by atoms with Crippen LogP contribution in [0.3, 0.4) is 0 Å². The molecule has 1 saturated heterocycles. The fraction of sp³-hybridized carbons (Fsp3) is 0.630. The van der Waals surface area contributed by atoms with Gasteiger partial charge in [0.1, 0.15) is 11.6 Å². The minimum absolute atomic E-state index is 0.265. The number of hydrogen-bond donors (Lipinski definition) is 4. The SMILES string of the molecule is COC[C@H](C)NC[C@H]1CC[C@H](Nc2cc(-c3cccc(NCC4(N)CCOCC4)n3)c(Cl)cn2)CC1. The molecule has 1 aliphatic carbocycles. The number of pyridine rings is 2. The van der Waals surface area contributed by atoms with Crippen molar-refractivity contribution in [1.29, 1.82) is 0 Å². The average molecular weight is 517 g/mol. The molecule has 1 atom stereocenters. The summed E-state index contributed by atoms with van der Waals surface area (Å²) in [5.74, 6) is 2.34. The Balaban J connectivity index is 1.33. The second-order valence-electron chi connectivity index (χ2n) is 10.4. The number of aromatic nitrogens is 2. The van der Waals surface area contributed by atoms with E-state index >= 15 is 0 Å². The van der Waals surface area contributed by atoms with Crippen LogP contribution in [0.25, 0.3) is 11.3 Å². The predicted octanol–water partition coefficient (Wildman–Crippen LogP) is 4.31. The van der Waals surface area contributed by atoms with E-state index < -0.39 is 0 Å². The molecular weight excluding hydrogens is 476 g/mol. The smallest absolute Gasteiger partial charge is 0.126 e. The lowest BCUT2D eigenvalue weighted by Gasteiger charge is -2.33. The minimum atomic E-state index is -0.265. The number of nitrogens with zero attached hydrogens (tertiary/aromatic N) is 2. The number of nitrogens with one attached hydrogen (secondary N) is 3. The molecule has 1 aliphatic heterocycles. The van der Waals surface area contributed by atoms with Gasteiger partial charge in [0.2, 0.25) is 0 Å². The third-order valence-corrected chi connectivity index (χ3v) is 7.66. The van der Waals surface area contributed by atoms with Crippen LogP contribution in [0.5, 0.6) is 0 Å². The summed E-state index contributed by atoms with van der Waals surface area (Å²) in [6.45, 7) is 6.05. The Bertz CT molecular complexity index is 963. The van der Waals surface area contributed by atoms with Crippen molar-refractivity contribution in [2.75, 3.05) is 50.7 Å². The molecule has 0 bridgehead atoms. The second-order valence-corrected chi connectivity index (χ2v) is 10.8. The van der Waals surface area contributed by atoms with Crippen LogP contribution in [0.1, 0.15) is 45.4 Å². The van der Waals surface area contributed by atoms with Gasteiger partial charge in [-0.3, -0.25) is 0 Å². The van der Waals surface area contributed by atoms with Crippen LogP contribution in [0.2, 0.25) is 5.02 Å². The number of rotatable bonds is 11. The maximum absolute atomic E-state index is 6.55. The molecule has 0 aromatic carbocycles. The van der Waals surface area contributed by atoms with Gasteiger partial charge in [0.25, 0.3) is 0 Å². The molecule has 1 saturated carbocycles. The molecule has 0 unspecified atom stereocenters. The third kappa shape index (κ3) is 7.76. The fourth-order valence-corrected chi connectivity index (χ4v) is 5.22. The first-order valence-electron chi connectivity index (χ1n) is 13.2. The van der Waals surface area contributed by atoms with Crippen molar-refractivity contribution >= 4 is 23.2 Å². The maximum atomic E-state index is 6.55. The van der Waals surface area contributed by atoms with Gasteiger partial charge in [-0.2, -0.15) is 0 Å². The zero-order chi connectivity index (χ0) is 25.4. The summed E-state index contributed by atoms with van der Waals surface area (Å²) in [5, 5.41) is 11.2. The van der Waals surface area contributed by atoms with Crippen LogP contribution in [0.15, 0.2) is 30.5 Å². The van der Waals surface area contributed by atoms with Gasteiger partial charge in [0, 0.05) is 56.3 Å². The van der Waals surface area contributed by atoms with Gasteiger partial charge in [-0.1, -0.05) is 17.7 Å². The second kappa shape index (κ2) is 13.0. The van der Waals surface area contributed by atoms with Crippen LogP contribution in [-0.2, 0) is 9.47 Å². The highest BCUT2D eigenvalue weighted by atomic mass is 35.5. The van der Waals surface area contributed by atoms with Crippen LogP contribution < -0.4 is 21.7 Å². The predicted molar refractivity (Wildman–Crippen MR) is 147 cm³/mol. The molecule has 36 heavy (non-hydrogen) atoms. The number of nitrogens with two attached hydrogens (primary N) is 1. The molecule has 4 rings (SSSR count). The van der Waals surface area contributed by atoms with Crippen LogP contribution >= 0.6 is 11.6 Å². The number of methoxy groups -OCH3 is 1. The summed E-state index contributed by atoms with van der Waals surface area (Å²) in [7, 11) is 1.75. The number of halogens is 1. The van der Waals surface area contributed by atoms with E-state index in [1.807, 2.05) is 24.3 Å². The van der Waals surface area contributed by atoms with Crippen molar-refractivity contribution in [3.63, 3.8) is 0 Å². The summed E-state index contributed by atoms with van der Waals surface area (Å²) >= 11 is 6.55. The lowest BCUT2D eigenvalue weighted by Crippen LogP contribution is -2.50. The van der Waals surface area contributed by atoms with Crippen molar-refractivity contribution in [2.45, 2.75) is 63.1 Å².